The van der Waals surface area contributed by atoms with Gasteiger partial charge in [0.15, 0.2) is 0 Å². The summed E-state index contributed by atoms with van der Waals surface area (Å²) in [4.78, 5) is 10.9. The molecule has 0 saturated heterocycles. The number of ether oxygens (including phenoxy) is 4. The van der Waals surface area contributed by atoms with Crippen molar-refractivity contribution >= 4 is 5.97 Å². The smallest absolute Gasteiger partial charge is 0.323 e. The van der Waals surface area contributed by atoms with E-state index in [1.165, 1.54) is 0 Å². The summed E-state index contributed by atoms with van der Waals surface area (Å²) in [5, 5.41) is 11.9. The van der Waals surface area contributed by atoms with E-state index in [-0.39, 0.29) is 12.6 Å². The van der Waals surface area contributed by atoms with Gasteiger partial charge in [-0.25, -0.2) is 0 Å². The number of carboxylic acids is 1. The molecular weight excluding hydrogens is 266 g/mol. The fourth-order valence-electron chi connectivity index (χ4n) is 1.38. The molecule has 0 bridgehead atoms. The Kier molecular flexibility index (Phi) is 12.8. The van der Waals surface area contributed by atoms with Crippen LogP contribution in [0.5, 0.6) is 0 Å². The lowest BCUT2D eigenvalue weighted by atomic mass is 10.2. The maximum Gasteiger partial charge on any atom is 0.323 e. The van der Waals surface area contributed by atoms with Gasteiger partial charge < -0.3 is 29.4 Å². The second-order valence-electron chi connectivity index (χ2n) is 4.50. The molecule has 0 amide bonds. The summed E-state index contributed by atoms with van der Waals surface area (Å²) in [6.45, 7) is 6.81. The Labute approximate surface area is 120 Å². The summed E-state index contributed by atoms with van der Waals surface area (Å²) >= 11 is 0. The van der Waals surface area contributed by atoms with Crippen LogP contribution < -0.4 is 5.32 Å². The number of carboxylic acid groups (broad SMARTS) is 1. The largest absolute Gasteiger partial charge is 0.480 e. The van der Waals surface area contributed by atoms with E-state index >= 15 is 0 Å². The molecule has 0 rings (SSSR count). The van der Waals surface area contributed by atoms with Gasteiger partial charge >= 0.3 is 5.97 Å². The standard InChI is InChI=1S/C13H27NO6/c1-11(2)14-12(13(15)16)10-20-9-8-19-7-6-18-5-4-17-3/h11-12,14H,4-10H2,1-3H3,(H,15,16). The number of hydrogen-bond acceptors (Lipinski definition) is 6. The quantitative estimate of drug-likeness (QED) is 0.440. The van der Waals surface area contributed by atoms with Gasteiger partial charge in [0.25, 0.3) is 0 Å². The van der Waals surface area contributed by atoms with Gasteiger partial charge in [0.05, 0.1) is 46.2 Å². The summed E-state index contributed by atoms with van der Waals surface area (Å²) in [6, 6.07) is -0.590. The first-order valence-electron chi connectivity index (χ1n) is 6.79. The van der Waals surface area contributed by atoms with E-state index in [9.17, 15) is 4.79 Å². The molecule has 0 spiro atoms. The first-order valence-corrected chi connectivity index (χ1v) is 6.79. The first kappa shape index (κ1) is 19.3. The van der Waals surface area contributed by atoms with Crippen molar-refractivity contribution < 1.29 is 28.8 Å². The highest BCUT2D eigenvalue weighted by atomic mass is 16.6. The fourth-order valence-corrected chi connectivity index (χ4v) is 1.38. The van der Waals surface area contributed by atoms with Gasteiger partial charge in [-0.1, -0.05) is 13.8 Å². The van der Waals surface area contributed by atoms with E-state index in [1.54, 1.807) is 7.11 Å². The van der Waals surface area contributed by atoms with E-state index < -0.39 is 12.0 Å². The average Bonchev–Trinajstić information content (AvgIpc) is 2.39. The normalized spacial score (nSPS) is 12.8. The third kappa shape index (κ3) is 12.3. The second kappa shape index (κ2) is 13.3. The Balaban J connectivity index is 3.39. The van der Waals surface area contributed by atoms with Gasteiger partial charge in [-0.15, -0.1) is 0 Å². The number of nitrogens with one attached hydrogen (secondary N) is 1. The van der Waals surface area contributed by atoms with Crippen molar-refractivity contribution in [1.82, 2.24) is 5.32 Å². The topological polar surface area (TPSA) is 86.3 Å². The van der Waals surface area contributed by atoms with Crippen LogP contribution >= 0.6 is 0 Å². The van der Waals surface area contributed by atoms with Gasteiger partial charge in [-0.3, -0.25) is 4.79 Å². The highest BCUT2D eigenvalue weighted by Gasteiger charge is 2.17. The third-order valence-corrected chi connectivity index (χ3v) is 2.29. The predicted molar refractivity (Wildman–Crippen MR) is 74.0 cm³/mol. The van der Waals surface area contributed by atoms with Gasteiger partial charge in [0.1, 0.15) is 6.04 Å². The molecule has 2 N–H and O–H groups in total. The van der Waals surface area contributed by atoms with Crippen LogP contribution in [0.3, 0.4) is 0 Å². The molecule has 0 radical (unpaired) electrons. The summed E-state index contributed by atoms with van der Waals surface area (Å²) in [6.07, 6.45) is 0. The molecule has 0 aliphatic heterocycles. The number of aliphatic carboxylic acids is 1. The van der Waals surface area contributed by atoms with Crippen LogP contribution in [0.1, 0.15) is 13.8 Å². The van der Waals surface area contributed by atoms with Crippen molar-refractivity contribution in [2.75, 3.05) is 53.4 Å². The molecule has 120 valence electrons. The summed E-state index contributed by atoms with van der Waals surface area (Å²) in [7, 11) is 1.62. The number of rotatable bonds is 14. The van der Waals surface area contributed by atoms with Crippen molar-refractivity contribution in [2.45, 2.75) is 25.9 Å². The minimum absolute atomic E-state index is 0.0974. The number of hydrogen-bond donors (Lipinski definition) is 2. The van der Waals surface area contributed by atoms with Crippen LogP contribution in [0.2, 0.25) is 0 Å². The van der Waals surface area contributed by atoms with Gasteiger partial charge in [-0.05, 0) is 0 Å². The molecule has 0 aromatic rings. The van der Waals surface area contributed by atoms with Crippen molar-refractivity contribution in [1.29, 1.82) is 0 Å². The molecule has 20 heavy (non-hydrogen) atoms. The monoisotopic (exact) mass is 293 g/mol. The van der Waals surface area contributed by atoms with E-state index in [4.69, 9.17) is 24.1 Å². The molecular formula is C13H27NO6. The zero-order valence-electron chi connectivity index (χ0n) is 12.6. The van der Waals surface area contributed by atoms with E-state index in [2.05, 4.69) is 5.32 Å². The Hall–Kier alpha value is -0.730. The third-order valence-electron chi connectivity index (χ3n) is 2.29. The van der Waals surface area contributed by atoms with Crippen molar-refractivity contribution in [2.24, 2.45) is 0 Å². The number of carbonyl (C=O) groups is 1. The summed E-state index contributed by atoms with van der Waals surface area (Å²) < 4.78 is 20.6. The van der Waals surface area contributed by atoms with Gasteiger partial charge in [-0.2, -0.15) is 0 Å². The molecule has 0 aliphatic rings. The molecule has 0 heterocycles. The van der Waals surface area contributed by atoms with Crippen LogP contribution in [-0.4, -0.2) is 76.5 Å². The molecule has 0 saturated carbocycles. The minimum Gasteiger partial charge on any atom is -0.480 e. The Morgan fingerprint density at radius 1 is 1.00 bits per heavy atom. The molecule has 1 atom stereocenters. The lowest BCUT2D eigenvalue weighted by Crippen LogP contribution is -2.44. The summed E-state index contributed by atoms with van der Waals surface area (Å²) in [5.41, 5.74) is 0. The zero-order chi connectivity index (χ0) is 15.2. The molecule has 7 nitrogen and oxygen atoms in total. The van der Waals surface area contributed by atoms with Crippen LogP contribution in [0.25, 0.3) is 0 Å². The van der Waals surface area contributed by atoms with Crippen LogP contribution in [0.15, 0.2) is 0 Å². The first-order chi connectivity index (χ1) is 9.57. The van der Waals surface area contributed by atoms with Crippen LogP contribution in [0, 0.1) is 0 Å². The summed E-state index contributed by atoms with van der Waals surface area (Å²) in [5.74, 6) is -0.911. The van der Waals surface area contributed by atoms with Crippen molar-refractivity contribution in [3.8, 4) is 0 Å². The molecule has 1 unspecified atom stereocenters. The maximum absolute atomic E-state index is 10.9. The van der Waals surface area contributed by atoms with E-state index in [1.807, 2.05) is 13.8 Å². The molecule has 0 aromatic carbocycles. The molecule has 0 aromatic heterocycles. The fraction of sp³-hybridized carbons (Fsp3) is 0.923. The SMILES string of the molecule is COCCOCCOCCOCC(NC(C)C)C(=O)O. The lowest BCUT2D eigenvalue weighted by molar-refractivity contribution is -0.141. The lowest BCUT2D eigenvalue weighted by Gasteiger charge is -2.17. The highest BCUT2D eigenvalue weighted by molar-refractivity contribution is 5.73. The minimum atomic E-state index is -0.911. The van der Waals surface area contributed by atoms with E-state index in [0.717, 1.165) is 0 Å². The van der Waals surface area contributed by atoms with Crippen molar-refractivity contribution in [3.63, 3.8) is 0 Å². The van der Waals surface area contributed by atoms with Crippen LogP contribution in [0.4, 0.5) is 0 Å². The van der Waals surface area contributed by atoms with Gasteiger partial charge in [0, 0.05) is 13.2 Å². The van der Waals surface area contributed by atoms with Gasteiger partial charge in [0.2, 0.25) is 0 Å². The zero-order valence-corrected chi connectivity index (χ0v) is 12.6. The predicted octanol–water partition coefficient (Wildman–Crippen LogP) is 0.134. The second-order valence-corrected chi connectivity index (χ2v) is 4.50. The highest BCUT2D eigenvalue weighted by Crippen LogP contribution is 1.91. The number of methoxy groups -OCH3 is 1. The van der Waals surface area contributed by atoms with Crippen molar-refractivity contribution in [3.05, 3.63) is 0 Å². The average molecular weight is 293 g/mol. The van der Waals surface area contributed by atoms with E-state index in [0.29, 0.717) is 39.6 Å². The Morgan fingerprint density at radius 2 is 1.50 bits per heavy atom. The Bertz CT molecular complexity index is 237. The van der Waals surface area contributed by atoms with Crippen LogP contribution in [-0.2, 0) is 23.7 Å². The Morgan fingerprint density at radius 3 is 1.95 bits per heavy atom. The molecule has 0 fully saturated rings. The molecule has 0 aliphatic carbocycles. The maximum atomic E-state index is 10.9. The molecule has 7 heteroatoms.